The molecule has 14 heavy (non-hydrogen) atoms. The summed E-state index contributed by atoms with van der Waals surface area (Å²) in [6, 6.07) is 2.98. The SMILES string of the molecule is Cc1cc(C(C)C(=O)O)c(C)cc1F. The molecule has 3 heteroatoms. The maximum atomic E-state index is 13.1. The molecule has 0 fully saturated rings. The van der Waals surface area contributed by atoms with Gasteiger partial charge >= 0.3 is 5.97 Å². The van der Waals surface area contributed by atoms with Crippen molar-refractivity contribution in [1.82, 2.24) is 0 Å². The van der Waals surface area contributed by atoms with E-state index in [-0.39, 0.29) is 5.82 Å². The summed E-state index contributed by atoms with van der Waals surface area (Å²) in [5.41, 5.74) is 1.85. The number of rotatable bonds is 2. The van der Waals surface area contributed by atoms with E-state index in [1.165, 1.54) is 6.07 Å². The Labute approximate surface area is 82.4 Å². The average Bonchev–Trinajstić information content (AvgIpc) is 2.10. The summed E-state index contributed by atoms with van der Waals surface area (Å²) in [4.78, 5) is 10.8. The fraction of sp³-hybridized carbons (Fsp3) is 0.364. The number of aliphatic carboxylic acids is 1. The molecular formula is C11H13FO2. The minimum atomic E-state index is -0.890. The van der Waals surface area contributed by atoms with E-state index in [4.69, 9.17) is 5.11 Å². The van der Waals surface area contributed by atoms with Crippen LogP contribution in [-0.4, -0.2) is 11.1 Å². The highest BCUT2D eigenvalue weighted by Crippen LogP contribution is 2.22. The Morgan fingerprint density at radius 3 is 2.43 bits per heavy atom. The lowest BCUT2D eigenvalue weighted by Crippen LogP contribution is -2.09. The van der Waals surface area contributed by atoms with Gasteiger partial charge in [-0.15, -0.1) is 0 Å². The minimum Gasteiger partial charge on any atom is -0.481 e. The highest BCUT2D eigenvalue weighted by molar-refractivity contribution is 5.76. The van der Waals surface area contributed by atoms with Gasteiger partial charge in [-0.2, -0.15) is 0 Å². The van der Waals surface area contributed by atoms with Gasteiger partial charge in [0, 0.05) is 0 Å². The Kier molecular flexibility index (Phi) is 2.89. The second-order valence-corrected chi connectivity index (χ2v) is 3.52. The van der Waals surface area contributed by atoms with Crippen molar-refractivity contribution < 1.29 is 14.3 Å². The van der Waals surface area contributed by atoms with Gasteiger partial charge < -0.3 is 5.11 Å². The molecule has 1 aromatic rings. The van der Waals surface area contributed by atoms with E-state index in [0.717, 1.165) is 0 Å². The van der Waals surface area contributed by atoms with Gasteiger partial charge in [0.2, 0.25) is 0 Å². The second kappa shape index (κ2) is 3.78. The zero-order chi connectivity index (χ0) is 10.9. The zero-order valence-electron chi connectivity index (χ0n) is 8.47. The first-order valence-electron chi connectivity index (χ1n) is 4.43. The van der Waals surface area contributed by atoms with E-state index < -0.39 is 11.9 Å². The molecule has 1 rings (SSSR count). The molecule has 0 saturated carbocycles. The number of hydrogen-bond acceptors (Lipinski definition) is 1. The highest BCUT2D eigenvalue weighted by Gasteiger charge is 2.17. The van der Waals surface area contributed by atoms with Gasteiger partial charge in [-0.25, -0.2) is 4.39 Å². The summed E-state index contributed by atoms with van der Waals surface area (Å²) >= 11 is 0. The molecule has 0 spiro atoms. The Morgan fingerprint density at radius 2 is 1.93 bits per heavy atom. The number of carbonyl (C=O) groups is 1. The first kappa shape index (κ1) is 10.7. The van der Waals surface area contributed by atoms with Crippen molar-refractivity contribution in [3.05, 3.63) is 34.6 Å². The first-order valence-corrected chi connectivity index (χ1v) is 4.43. The van der Waals surface area contributed by atoms with Crippen LogP contribution in [0.2, 0.25) is 0 Å². The maximum Gasteiger partial charge on any atom is 0.310 e. The number of carboxylic acid groups (broad SMARTS) is 1. The van der Waals surface area contributed by atoms with Crippen molar-refractivity contribution in [3.63, 3.8) is 0 Å². The van der Waals surface area contributed by atoms with E-state index in [1.807, 2.05) is 0 Å². The Balaban J connectivity index is 3.22. The summed E-state index contributed by atoms with van der Waals surface area (Å²) < 4.78 is 13.1. The minimum absolute atomic E-state index is 0.288. The van der Waals surface area contributed by atoms with Gasteiger partial charge in [-0.1, -0.05) is 6.07 Å². The fourth-order valence-electron chi connectivity index (χ4n) is 1.40. The molecule has 2 nitrogen and oxygen atoms in total. The normalized spacial score (nSPS) is 12.6. The van der Waals surface area contributed by atoms with Crippen LogP contribution in [0.1, 0.15) is 29.5 Å². The maximum absolute atomic E-state index is 13.1. The van der Waals surface area contributed by atoms with Gasteiger partial charge in [-0.3, -0.25) is 4.79 Å². The summed E-state index contributed by atoms with van der Waals surface area (Å²) in [7, 11) is 0. The average molecular weight is 196 g/mol. The van der Waals surface area contributed by atoms with Gasteiger partial charge in [0.05, 0.1) is 5.92 Å². The van der Waals surface area contributed by atoms with Gasteiger partial charge in [0.1, 0.15) is 5.82 Å². The van der Waals surface area contributed by atoms with Crippen molar-refractivity contribution in [2.24, 2.45) is 0 Å². The van der Waals surface area contributed by atoms with Gasteiger partial charge in [0.25, 0.3) is 0 Å². The summed E-state index contributed by atoms with van der Waals surface area (Å²) in [6.07, 6.45) is 0. The fourth-order valence-corrected chi connectivity index (χ4v) is 1.40. The Morgan fingerprint density at radius 1 is 1.36 bits per heavy atom. The smallest absolute Gasteiger partial charge is 0.310 e. The van der Waals surface area contributed by atoms with Crippen LogP contribution in [0.15, 0.2) is 12.1 Å². The molecule has 0 heterocycles. The van der Waals surface area contributed by atoms with Crippen LogP contribution in [0.3, 0.4) is 0 Å². The van der Waals surface area contributed by atoms with Crippen LogP contribution < -0.4 is 0 Å². The molecule has 0 radical (unpaired) electrons. The van der Waals surface area contributed by atoms with Crippen molar-refractivity contribution in [2.45, 2.75) is 26.7 Å². The number of benzene rings is 1. The molecule has 0 saturated heterocycles. The number of hydrogen-bond donors (Lipinski definition) is 1. The van der Waals surface area contributed by atoms with Crippen molar-refractivity contribution in [2.75, 3.05) is 0 Å². The van der Waals surface area contributed by atoms with E-state index in [9.17, 15) is 9.18 Å². The van der Waals surface area contributed by atoms with Crippen molar-refractivity contribution in [1.29, 1.82) is 0 Å². The zero-order valence-corrected chi connectivity index (χ0v) is 8.47. The highest BCUT2D eigenvalue weighted by atomic mass is 19.1. The van der Waals surface area contributed by atoms with Crippen molar-refractivity contribution in [3.8, 4) is 0 Å². The summed E-state index contributed by atoms with van der Waals surface area (Å²) in [6.45, 7) is 4.95. The van der Waals surface area contributed by atoms with E-state index >= 15 is 0 Å². The lowest BCUT2D eigenvalue weighted by atomic mass is 9.94. The van der Waals surface area contributed by atoms with Gasteiger partial charge in [-0.05, 0) is 43.5 Å². The quantitative estimate of drug-likeness (QED) is 0.789. The molecule has 0 aliphatic rings. The third kappa shape index (κ3) is 1.92. The lowest BCUT2D eigenvalue weighted by Gasteiger charge is -2.11. The molecule has 1 unspecified atom stereocenters. The van der Waals surface area contributed by atoms with E-state index in [0.29, 0.717) is 16.7 Å². The molecule has 1 N–H and O–H groups in total. The molecule has 0 aliphatic heterocycles. The largest absolute Gasteiger partial charge is 0.481 e. The van der Waals surface area contributed by atoms with Gasteiger partial charge in [0.15, 0.2) is 0 Å². The monoisotopic (exact) mass is 196 g/mol. The summed E-state index contributed by atoms with van der Waals surface area (Å²) in [5.74, 6) is -1.77. The predicted octanol–water partition coefficient (Wildman–Crippen LogP) is 2.63. The Bertz CT molecular complexity index is 372. The van der Waals surface area contributed by atoms with Crippen LogP contribution in [0.4, 0.5) is 4.39 Å². The van der Waals surface area contributed by atoms with Crippen LogP contribution >= 0.6 is 0 Å². The third-order valence-corrected chi connectivity index (χ3v) is 2.38. The van der Waals surface area contributed by atoms with E-state index in [1.54, 1.807) is 26.8 Å². The van der Waals surface area contributed by atoms with Crippen LogP contribution in [0.5, 0.6) is 0 Å². The molecule has 1 atom stereocenters. The number of carboxylic acids is 1. The van der Waals surface area contributed by atoms with Crippen molar-refractivity contribution >= 4 is 5.97 Å². The number of aryl methyl sites for hydroxylation is 2. The molecule has 0 aliphatic carbocycles. The molecular weight excluding hydrogens is 183 g/mol. The molecule has 0 bridgehead atoms. The second-order valence-electron chi connectivity index (χ2n) is 3.52. The standard InChI is InChI=1S/C11H13FO2/c1-6-5-10(12)7(2)4-9(6)8(3)11(13)14/h4-5,8H,1-3H3,(H,13,14). The van der Waals surface area contributed by atoms with Crippen LogP contribution in [0, 0.1) is 19.7 Å². The number of halogens is 1. The van der Waals surface area contributed by atoms with Crippen LogP contribution in [0.25, 0.3) is 0 Å². The first-order chi connectivity index (χ1) is 6.43. The molecule has 76 valence electrons. The lowest BCUT2D eigenvalue weighted by molar-refractivity contribution is -0.138. The Hall–Kier alpha value is -1.38. The predicted molar refractivity (Wildman–Crippen MR) is 51.9 cm³/mol. The molecule has 0 amide bonds. The molecule has 1 aromatic carbocycles. The summed E-state index contributed by atoms with van der Waals surface area (Å²) in [5, 5.41) is 8.83. The topological polar surface area (TPSA) is 37.3 Å². The molecule has 0 aromatic heterocycles. The third-order valence-electron chi connectivity index (χ3n) is 2.38. The van der Waals surface area contributed by atoms with Crippen LogP contribution in [-0.2, 0) is 4.79 Å². The van der Waals surface area contributed by atoms with E-state index in [2.05, 4.69) is 0 Å².